The summed E-state index contributed by atoms with van der Waals surface area (Å²) in [7, 11) is 0. The molecule has 0 heterocycles. The molecule has 0 aromatic heterocycles. The van der Waals surface area contributed by atoms with Gasteiger partial charge in [-0.2, -0.15) is 0 Å². The lowest BCUT2D eigenvalue weighted by Crippen LogP contribution is -2.49. The van der Waals surface area contributed by atoms with Crippen molar-refractivity contribution in [3.05, 3.63) is 0 Å². The maximum absolute atomic E-state index is 11.2. The molecule has 0 saturated carbocycles. The van der Waals surface area contributed by atoms with Gasteiger partial charge in [0.05, 0.1) is 6.54 Å². The number of carbonyl (C=O) groups is 4. The highest BCUT2D eigenvalue weighted by molar-refractivity contribution is 5.90. The number of aliphatic carboxylic acids is 1. The first-order chi connectivity index (χ1) is 7.82. The van der Waals surface area contributed by atoms with Crippen molar-refractivity contribution in [1.29, 1.82) is 0 Å². The van der Waals surface area contributed by atoms with Crippen molar-refractivity contribution >= 4 is 23.8 Å². The minimum atomic E-state index is -1.19. The lowest BCUT2D eigenvalue weighted by atomic mass is 10.3. The molecule has 0 rings (SSSR count). The number of carbonyl (C=O) groups excluding carboxylic acids is 3. The van der Waals surface area contributed by atoms with Crippen molar-refractivity contribution in [1.82, 2.24) is 16.0 Å². The molecule has 0 fully saturated rings. The van der Waals surface area contributed by atoms with E-state index in [0.717, 1.165) is 0 Å². The van der Waals surface area contributed by atoms with Gasteiger partial charge in [-0.25, -0.2) is 4.79 Å². The molecule has 0 aliphatic carbocycles. The second-order valence-electron chi connectivity index (χ2n) is 3.12. The van der Waals surface area contributed by atoms with Crippen LogP contribution in [-0.2, 0) is 14.4 Å². The standard InChI is InChI=1S/C8H14N4O5/c1-4(12-8(9)17)7(16)11-2-5(13)10-3-6(14)15/h4H,2-3H2,1H3,(H,10,13)(H,11,16)(H,14,15)(H3,9,12,17). The highest BCUT2D eigenvalue weighted by Crippen LogP contribution is 1.80. The first kappa shape index (κ1) is 14.7. The first-order valence-corrected chi connectivity index (χ1v) is 4.65. The van der Waals surface area contributed by atoms with Gasteiger partial charge in [-0.1, -0.05) is 0 Å². The Morgan fingerprint density at radius 2 is 1.76 bits per heavy atom. The van der Waals surface area contributed by atoms with Gasteiger partial charge in [0.2, 0.25) is 11.8 Å². The van der Waals surface area contributed by atoms with Gasteiger partial charge in [0.25, 0.3) is 0 Å². The molecule has 0 aromatic carbocycles. The number of hydrogen-bond donors (Lipinski definition) is 5. The van der Waals surface area contributed by atoms with Gasteiger partial charge in [0, 0.05) is 0 Å². The van der Waals surface area contributed by atoms with E-state index in [2.05, 4.69) is 16.0 Å². The second-order valence-corrected chi connectivity index (χ2v) is 3.12. The maximum atomic E-state index is 11.2. The Morgan fingerprint density at radius 1 is 1.18 bits per heavy atom. The van der Waals surface area contributed by atoms with E-state index in [-0.39, 0.29) is 6.54 Å². The molecule has 0 aliphatic rings. The van der Waals surface area contributed by atoms with Crippen LogP contribution >= 0.6 is 0 Å². The highest BCUT2D eigenvalue weighted by atomic mass is 16.4. The molecule has 4 amide bonds. The lowest BCUT2D eigenvalue weighted by molar-refractivity contribution is -0.137. The molecule has 0 spiro atoms. The second kappa shape index (κ2) is 7.04. The van der Waals surface area contributed by atoms with Gasteiger partial charge in [0.1, 0.15) is 12.6 Å². The van der Waals surface area contributed by atoms with Crippen LogP contribution in [0.1, 0.15) is 6.92 Å². The van der Waals surface area contributed by atoms with Crippen LogP contribution in [0, 0.1) is 0 Å². The SMILES string of the molecule is CC(NC(N)=O)C(=O)NCC(=O)NCC(=O)O. The fourth-order valence-corrected chi connectivity index (χ4v) is 0.836. The molecule has 9 heteroatoms. The van der Waals surface area contributed by atoms with Crippen LogP contribution in [0.3, 0.4) is 0 Å². The van der Waals surface area contributed by atoms with Crippen molar-refractivity contribution < 1.29 is 24.3 Å². The van der Waals surface area contributed by atoms with Gasteiger partial charge in [0.15, 0.2) is 0 Å². The Kier molecular flexibility index (Phi) is 6.08. The number of urea groups is 1. The van der Waals surface area contributed by atoms with Crippen LogP contribution in [0.2, 0.25) is 0 Å². The third-order valence-electron chi connectivity index (χ3n) is 1.61. The van der Waals surface area contributed by atoms with Crippen molar-refractivity contribution in [2.24, 2.45) is 5.73 Å². The van der Waals surface area contributed by atoms with Crippen LogP contribution in [-0.4, -0.2) is 48.1 Å². The number of nitrogens with two attached hydrogens (primary N) is 1. The molecule has 17 heavy (non-hydrogen) atoms. The molecule has 0 aromatic rings. The van der Waals surface area contributed by atoms with Crippen molar-refractivity contribution in [2.75, 3.05) is 13.1 Å². The maximum Gasteiger partial charge on any atom is 0.322 e. The molecule has 0 saturated heterocycles. The summed E-state index contributed by atoms with van der Waals surface area (Å²) in [6.07, 6.45) is 0. The summed E-state index contributed by atoms with van der Waals surface area (Å²) < 4.78 is 0. The Labute approximate surface area is 96.7 Å². The average Bonchev–Trinajstić information content (AvgIpc) is 2.21. The number of amides is 4. The third kappa shape index (κ3) is 7.59. The summed E-state index contributed by atoms with van der Waals surface area (Å²) in [6, 6.07) is -1.73. The van der Waals surface area contributed by atoms with E-state index in [1.807, 2.05) is 0 Å². The number of rotatable bonds is 6. The Balaban J connectivity index is 3.87. The topological polar surface area (TPSA) is 151 Å². The molecule has 96 valence electrons. The van der Waals surface area contributed by atoms with Crippen molar-refractivity contribution in [3.63, 3.8) is 0 Å². The fourth-order valence-electron chi connectivity index (χ4n) is 0.836. The number of carboxylic acid groups (broad SMARTS) is 1. The monoisotopic (exact) mass is 246 g/mol. The van der Waals surface area contributed by atoms with Crippen LogP contribution in [0.5, 0.6) is 0 Å². The number of nitrogens with one attached hydrogen (secondary N) is 3. The predicted octanol–water partition coefficient (Wildman–Crippen LogP) is -2.64. The van der Waals surface area contributed by atoms with E-state index in [0.29, 0.717) is 0 Å². The fraction of sp³-hybridized carbons (Fsp3) is 0.500. The zero-order valence-electron chi connectivity index (χ0n) is 9.15. The Morgan fingerprint density at radius 3 is 2.24 bits per heavy atom. The first-order valence-electron chi connectivity index (χ1n) is 4.65. The van der Waals surface area contributed by atoms with Crippen LogP contribution in [0.4, 0.5) is 4.79 Å². The molecular weight excluding hydrogens is 232 g/mol. The summed E-state index contributed by atoms with van der Waals surface area (Å²) in [5.74, 6) is -2.44. The lowest BCUT2D eigenvalue weighted by Gasteiger charge is -2.11. The van der Waals surface area contributed by atoms with E-state index in [1.165, 1.54) is 6.92 Å². The third-order valence-corrected chi connectivity index (χ3v) is 1.61. The Bertz CT molecular complexity index is 330. The minimum Gasteiger partial charge on any atom is -0.480 e. The van der Waals surface area contributed by atoms with Gasteiger partial charge in [-0.15, -0.1) is 0 Å². The number of hydrogen-bond acceptors (Lipinski definition) is 4. The molecule has 1 unspecified atom stereocenters. The summed E-state index contributed by atoms with van der Waals surface area (Å²) in [5.41, 5.74) is 4.79. The smallest absolute Gasteiger partial charge is 0.322 e. The van der Waals surface area contributed by atoms with Gasteiger partial charge < -0.3 is 26.8 Å². The average molecular weight is 246 g/mol. The minimum absolute atomic E-state index is 0.378. The van der Waals surface area contributed by atoms with Gasteiger partial charge >= 0.3 is 12.0 Å². The van der Waals surface area contributed by atoms with Crippen LogP contribution < -0.4 is 21.7 Å². The van der Waals surface area contributed by atoms with E-state index >= 15 is 0 Å². The Hall–Kier alpha value is -2.32. The van der Waals surface area contributed by atoms with Crippen LogP contribution in [0.25, 0.3) is 0 Å². The molecule has 9 nitrogen and oxygen atoms in total. The number of primary amides is 1. The largest absolute Gasteiger partial charge is 0.480 e. The highest BCUT2D eigenvalue weighted by Gasteiger charge is 2.14. The molecule has 0 bridgehead atoms. The van der Waals surface area contributed by atoms with Crippen LogP contribution in [0.15, 0.2) is 0 Å². The molecule has 0 radical (unpaired) electrons. The van der Waals surface area contributed by atoms with Crippen molar-refractivity contribution in [2.45, 2.75) is 13.0 Å². The zero-order valence-corrected chi connectivity index (χ0v) is 9.15. The van der Waals surface area contributed by atoms with Gasteiger partial charge in [-0.05, 0) is 6.92 Å². The molecule has 0 aliphatic heterocycles. The van der Waals surface area contributed by atoms with E-state index in [1.54, 1.807) is 0 Å². The van der Waals surface area contributed by atoms with E-state index < -0.39 is 36.4 Å². The molecular formula is C8H14N4O5. The normalized spacial score (nSPS) is 11.1. The van der Waals surface area contributed by atoms with E-state index in [4.69, 9.17) is 10.8 Å². The quantitative estimate of drug-likeness (QED) is 0.347. The summed E-state index contributed by atoms with van der Waals surface area (Å²) in [5, 5.41) is 14.6. The predicted molar refractivity (Wildman–Crippen MR) is 55.8 cm³/mol. The summed E-state index contributed by atoms with van der Waals surface area (Å²) in [6.45, 7) is 0.482. The zero-order chi connectivity index (χ0) is 13.4. The summed E-state index contributed by atoms with van der Waals surface area (Å²) >= 11 is 0. The van der Waals surface area contributed by atoms with Crippen molar-refractivity contribution in [3.8, 4) is 0 Å². The van der Waals surface area contributed by atoms with E-state index in [9.17, 15) is 19.2 Å². The number of carboxylic acids is 1. The molecule has 6 N–H and O–H groups in total. The summed E-state index contributed by atoms with van der Waals surface area (Å²) in [4.78, 5) is 42.8. The van der Waals surface area contributed by atoms with Gasteiger partial charge in [-0.3, -0.25) is 14.4 Å². The molecule has 1 atom stereocenters.